The standard InChI is InChI=1S/C14H19N5O3S/c1-21-11-5-3-10(4-6-11)9-12(22-14(15)20)13-16-18-19(17-13)7-8-23-2/h3-6,12H,7-9H2,1-2H3,(H2,15,20)/t12-/m0/s1. The van der Waals surface area contributed by atoms with E-state index in [1.54, 1.807) is 18.9 Å². The van der Waals surface area contributed by atoms with E-state index < -0.39 is 12.2 Å². The summed E-state index contributed by atoms with van der Waals surface area (Å²) >= 11 is 1.69. The number of thioether (sulfide) groups is 1. The first-order chi connectivity index (χ1) is 11.1. The van der Waals surface area contributed by atoms with Gasteiger partial charge in [0.05, 0.1) is 13.7 Å². The van der Waals surface area contributed by atoms with Crippen LogP contribution in [0.4, 0.5) is 4.79 Å². The summed E-state index contributed by atoms with van der Waals surface area (Å²) in [4.78, 5) is 12.6. The first-order valence-electron chi connectivity index (χ1n) is 6.98. The molecule has 0 radical (unpaired) electrons. The SMILES string of the molecule is COc1ccc(C[C@H](OC(N)=O)c2nnn(CCSC)n2)cc1. The Morgan fingerprint density at radius 2 is 2.13 bits per heavy atom. The minimum Gasteiger partial charge on any atom is -0.497 e. The van der Waals surface area contributed by atoms with Gasteiger partial charge < -0.3 is 15.2 Å². The molecule has 2 rings (SSSR count). The lowest BCUT2D eigenvalue weighted by Crippen LogP contribution is -2.20. The maximum Gasteiger partial charge on any atom is 0.405 e. The fourth-order valence-corrected chi connectivity index (χ4v) is 2.30. The highest BCUT2D eigenvalue weighted by Gasteiger charge is 2.21. The summed E-state index contributed by atoms with van der Waals surface area (Å²) in [5.74, 6) is 1.96. The molecular formula is C14H19N5O3S. The third-order valence-electron chi connectivity index (χ3n) is 3.09. The quantitative estimate of drug-likeness (QED) is 0.776. The van der Waals surface area contributed by atoms with Gasteiger partial charge in [-0.05, 0) is 29.2 Å². The topological polar surface area (TPSA) is 105 Å². The van der Waals surface area contributed by atoms with Crippen LogP contribution < -0.4 is 10.5 Å². The van der Waals surface area contributed by atoms with Crippen LogP contribution in [0.25, 0.3) is 0 Å². The van der Waals surface area contributed by atoms with E-state index in [1.165, 1.54) is 4.80 Å². The molecule has 1 amide bonds. The van der Waals surface area contributed by atoms with Gasteiger partial charge >= 0.3 is 6.09 Å². The molecule has 2 aromatic rings. The largest absolute Gasteiger partial charge is 0.497 e. The molecule has 0 saturated heterocycles. The molecular weight excluding hydrogens is 318 g/mol. The Hall–Kier alpha value is -2.29. The third kappa shape index (κ3) is 5.13. The molecule has 0 bridgehead atoms. The van der Waals surface area contributed by atoms with Gasteiger partial charge in [-0.15, -0.1) is 10.2 Å². The van der Waals surface area contributed by atoms with Crippen molar-refractivity contribution >= 4 is 17.9 Å². The number of rotatable bonds is 8. The van der Waals surface area contributed by atoms with Crippen LogP contribution in [0.15, 0.2) is 24.3 Å². The molecule has 0 spiro atoms. The molecule has 0 unspecified atom stereocenters. The molecule has 1 aromatic carbocycles. The predicted molar refractivity (Wildman–Crippen MR) is 86.3 cm³/mol. The van der Waals surface area contributed by atoms with Crippen LogP contribution in [0.5, 0.6) is 5.75 Å². The van der Waals surface area contributed by atoms with E-state index in [1.807, 2.05) is 30.5 Å². The zero-order valence-electron chi connectivity index (χ0n) is 13.0. The number of nitrogens with zero attached hydrogens (tertiary/aromatic N) is 4. The minimum atomic E-state index is -0.871. The van der Waals surface area contributed by atoms with Gasteiger partial charge in [0, 0.05) is 12.2 Å². The lowest BCUT2D eigenvalue weighted by atomic mass is 10.1. The number of hydrogen-bond donors (Lipinski definition) is 1. The lowest BCUT2D eigenvalue weighted by molar-refractivity contribution is 0.101. The maximum atomic E-state index is 11.1. The van der Waals surface area contributed by atoms with Crippen molar-refractivity contribution in [1.82, 2.24) is 20.2 Å². The number of ether oxygens (including phenoxy) is 2. The van der Waals surface area contributed by atoms with Crippen LogP contribution in [0.2, 0.25) is 0 Å². The summed E-state index contributed by atoms with van der Waals surface area (Å²) in [6.07, 6.45) is 0.856. The van der Waals surface area contributed by atoms with Crippen molar-refractivity contribution in [2.75, 3.05) is 19.1 Å². The molecule has 0 saturated carbocycles. The molecule has 23 heavy (non-hydrogen) atoms. The van der Waals surface area contributed by atoms with Crippen LogP contribution >= 0.6 is 11.8 Å². The highest BCUT2D eigenvalue weighted by molar-refractivity contribution is 7.98. The Kier molecular flexibility index (Phi) is 6.21. The second-order valence-electron chi connectivity index (χ2n) is 4.71. The van der Waals surface area contributed by atoms with Crippen molar-refractivity contribution < 1.29 is 14.3 Å². The smallest absolute Gasteiger partial charge is 0.405 e. The molecule has 1 heterocycles. The van der Waals surface area contributed by atoms with E-state index in [0.717, 1.165) is 17.1 Å². The van der Waals surface area contributed by atoms with E-state index in [4.69, 9.17) is 15.2 Å². The van der Waals surface area contributed by atoms with Gasteiger partial charge in [-0.2, -0.15) is 16.6 Å². The summed E-state index contributed by atoms with van der Waals surface area (Å²) < 4.78 is 10.3. The molecule has 1 atom stereocenters. The number of methoxy groups -OCH3 is 1. The van der Waals surface area contributed by atoms with Crippen molar-refractivity contribution in [3.8, 4) is 5.75 Å². The second kappa shape index (κ2) is 8.37. The number of nitrogens with two attached hydrogens (primary N) is 1. The lowest BCUT2D eigenvalue weighted by Gasteiger charge is -2.13. The van der Waals surface area contributed by atoms with Gasteiger partial charge in [0.2, 0.25) is 5.82 Å². The molecule has 0 aliphatic rings. The number of hydrogen-bond acceptors (Lipinski definition) is 7. The van der Waals surface area contributed by atoms with Crippen molar-refractivity contribution in [3.05, 3.63) is 35.7 Å². The van der Waals surface area contributed by atoms with Crippen LogP contribution in [-0.2, 0) is 17.7 Å². The number of benzene rings is 1. The number of aryl methyl sites for hydroxylation is 1. The van der Waals surface area contributed by atoms with Crippen molar-refractivity contribution in [3.63, 3.8) is 0 Å². The molecule has 124 valence electrons. The van der Waals surface area contributed by atoms with Gasteiger partial charge in [0.25, 0.3) is 0 Å². The van der Waals surface area contributed by atoms with E-state index in [9.17, 15) is 4.79 Å². The molecule has 1 aromatic heterocycles. The molecule has 0 fully saturated rings. The molecule has 8 nitrogen and oxygen atoms in total. The zero-order chi connectivity index (χ0) is 16.7. The fourth-order valence-electron chi connectivity index (χ4n) is 1.95. The number of tetrazole rings is 1. The summed E-state index contributed by atoms with van der Waals surface area (Å²) in [5.41, 5.74) is 6.09. The van der Waals surface area contributed by atoms with Crippen molar-refractivity contribution in [1.29, 1.82) is 0 Å². The Labute approximate surface area is 138 Å². The van der Waals surface area contributed by atoms with Gasteiger partial charge in [0.15, 0.2) is 6.10 Å². The van der Waals surface area contributed by atoms with Crippen molar-refractivity contribution in [2.24, 2.45) is 5.73 Å². The number of primary amides is 1. The highest BCUT2D eigenvalue weighted by atomic mass is 32.2. The second-order valence-corrected chi connectivity index (χ2v) is 5.70. The van der Waals surface area contributed by atoms with E-state index in [0.29, 0.717) is 18.8 Å². The first-order valence-corrected chi connectivity index (χ1v) is 8.37. The summed E-state index contributed by atoms with van der Waals surface area (Å²) in [6, 6.07) is 7.43. The number of aromatic nitrogens is 4. The molecule has 9 heteroatoms. The number of carbonyl (C=O) groups is 1. The average molecular weight is 337 g/mol. The Morgan fingerprint density at radius 3 is 2.74 bits per heavy atom. The summed E-state index contributed by atoms with van der Waals surface area (Å²) in [5, 5.41) is 12.2. The van der Waals surface area contributed by atoms with Crippen LogP contribution in [-0.4, -0.2) is 45.4 Å². The highest BCUT2D eigenvalue weighted by Crippen LogP contribution is 2.21. The number of carbonyl (C=O) groups excluding carboxylic acids is 1. The van der Waals surface area contributed by atoms with Crippen LogP contribution in [0.3, 0.4) is 0 Å². The van der Waals surface area contributed by atoms with E-state index >= 15 is 0 Å². The van der Waals surface area contributed by atoms with Gasteiger partial charge in [-0.25, -0.2) is 4.79 Å². The average Bonchev–Trinajstić information content (AvgIpc) is 3.01. The Balaban J connectivity index is 2.12. The van der Waals surface area contributed by atoms with Crippen LogP contribution in [0, 0.1) is 0 Å². The fraction of sp³-hybridized carbons (Fsp3) is 0.429. The van der Waals surface area contributed by atoms with E-state index in [-0.39, 0.29) is 0 Å². The van der Waals surface area contributed by atoms with Gasteiger partial charge in [-0.1, -0.05) is 12.1 Å². The summed E-state index contributed by atoms with van der Waals surface area (Å²) in [7, 11) is 1.60. The predicted octanol–water partition coefficient (Wildman–Crippen LogP) is 1.42. The third-order valence-corrected chi connectivity index (χ3v) is 3.68. The first kappa shape index (κ1) is 17.1. The molecule has 2 N–H and O–H groups in total. The minimum absolute atomic E-state index is 0.334. The Morgan fingerprint density at radius 1 is 1.39 bits per heavy atom. The van der Waals surface area contributed by atoms with Gasteiger partial charge in [0.1, 0.15) is 5.75 Å². The van der Waals surface area contributed by atoms with Crippen LogP contribution in [0.1, 0.15) is 17.5 Å². The monoisotopic (exact) mass is 337 g/mol. The maximum absolute atomic E-state index is 11.1. The molecule has 0 aliphatic carbocycles. The summed E-state index contributed by atoms with van der Waals surface area (Å²) in [6.45, 7) is 0.639. The number of amides is 1. The van der Waals surface area contributed by atoms with Gasteiger partial charge in [-0.3, -0.25) is 0 Å². The Bertz CT molecular complexity index is 632. The normalized spacial score (nSPS) is 11.9. The zero-order valence-corrected chi connectivity index (χ0v) is 13.8. The van der Waals surface area contributed by atoms with Crippen molar-refractivity contribution in [2.45, 2.75) is 19.1 Å². The molecule has 0 aliphatic heterocycles. The van der Waals surface area contributed by atoms with E-state index in [2.05, 4.69) is 15.4 Å².